The molecule has 0 aliphatic rings. The first-order chi connectivity index (χ1) is 15.7. The van der Waals surface area contributed by atoms with Gasteiger partial charge in [-0.25, -0.2) is 14.6 Å². The van der Waals surface area contributed by atoms with Gasteiger partial charge in [-0.1, -0.05) is 0 Å². The average molecular weight is 457 g/mol. The zero-order valence-corrected chi connectivity index (χ0v) is 18.6. The number of benzene rings is 1. The quantitative estimate of drug-likeness (QED) is 0.372. The van der Waals surface area contributed by atoms with Gasteiger partial charge in [-0.05, 0) is 39.0 Å². The predicted octanol–water partition coefficient (Wildman–Crippen LogP) is 2.62. The molecule has 0 aliphatic heterocycles. The van der Waals surface area contributed by atoms with Crippen LogP contribution in [0.5, 0.6) is 11.5 Å². The molecule has 2 N–H and O–H groups in total. The molecule has 0 saturated heterocycles. The van der Waals surface area contributed by atoms with Crippen LogP contribution in [0, 0.1) is 6.92 Å². The van der Waals surface area contributed by atoms with Crippen LogP contribution in [-0.2, 0) is 20.9 Å². The Morgan fingerprint density at radius 1 is 1.12 bits per heavy atom. The van der Waals surface area contributed by atoms with Crippen LogP contribution in [0.4, 0.5) is 5.82 Å². The van der Waals surface area contributed by atoms with Crippen molar-refractivity contribution in [2.24, 2.45) is 0 Å². The molecule has 0 amide bonds. The number of nitrogens with two attached hydrogens (primary N) is 1. The molecule has 33 heavy (non-hydrogen) atoms. The number of rotatable bonds is 9. The van der Waals surface area contributed by atoms with Gasteiger partial charge in [0, 0.05) is 5.56 Å². The summed E-state index contributed by atoms with van der Waals surface area (Å²) < 4.78 is 26.3. The first-order valence-electron chi connectivity index (χ1n) is 9.95. The van der Waals surface area contributed by atoms with Gasteiger partial charge in [0.25, 0.3) is 0 Å². The van der Waals surface area contributed by atoms with Crippen LogP contribution in [0.1, 0.15) is 46.1 Å². The van der Waals surface area contributed by atoms with Crippen molar-refractivity contribution < 1.29 is 37.7 Å². The molecule has 2 heterocycles. The van der Waals surface area contributed by atoms with E-state index in [4.69, 9.17) is 29.1 Å². The van der Waals surface area contributed by atoms with Gasteiger partial charge in [0.05, 0.1) is 19.1 Å². The van der Waals surface area contributed by atoms with Crippen molar-refractivity contribution in [1.82, 2.24) is 9.97 Å². The smallest absolute Gasteiger partial charge is 0.344 e. The number of fused-ring (bicyclic) bond motifs is 1. The van der Waals surface area contributed by atoms with Crippen molar-refractivity contribution in [3.05, 3.63) is 40.9 Å². The van der Waals surface area contributed by atoms with Crippen molar-refractivity contribution in [1.29, 1.82) is 0 Å². The number of hydrogen-bond donors (Lipinski definition) is 1. The topological polar surface area (TPSA) is 153 Å². The summed E-state index contributed by atoms with van der Waals surface area (Å²) in [7, 11) is 1.42. The fraction of sp³-hybridized carbons (Fsp3) is 0.318. The molecule has 1 aromatic carbocycles. The lowest BCUT2D eigenvalue weighted by atomic mass is 10.1. The van der Waals surface area contributed by atoms with Gasteiger partial charge in [-0.2, -0.15) is 4.98 Å². The second kappa shape index (κ2) is 9.98. The maximum Gasteiger partial charge on any atom is 0.344 e. The zero-order chi connectivity index (χ0) is 24.1. The molecule has 3 rings (SSSR count). The highest BCUT2D eigenvalue weighted by Gasteiger charge is 2.24. The number of carbonyl (C=O) groups is 3. The number of ether oxygens (including phenoxy) is 4. The number of nitrogen functional groups attached to an aromatic ring is 1. The zero-order valence-electron chi connectivity index (χ0n) is 18.6. The number of esters is 2. The first kappa shape index (κ1) is 23.5. The number of methoxy groups -OCH3 is 1. The highest BCUT2D eigenvalue weighted by Crippen LogP contribution is 2.30. The van der Waals surface area contributed by atoms with E-state index in [-0.39, 0.29) is 58.8 Å². The minimum Gasteiger partial charge on any atom is -0.493 e. The summed E-state index contributed by atoms with van der Waals surface area (Å²) >= 11 is 0. The molecule has 0 atom stereocenters. The summed E-state index contributed by atoms with van der Waals surface area (Å²) in [6.07, 6.45) is 0. The number of carbonyl (C=O) groups excluding carboxylic acids is 3. The van der Waals surface area contributed by atoms with E-state index in [1.807, 2.05) is 0 Å². The molecule has 2 aromatic heterocycles. The molecule has 0 bridgehead atoms. The van der Waals surface area contributed by atoms with Gasteiger partial charge in [-0.15, -0.1) is 0 Å². The normalized spacial score (nSPS) is 10.7. The van der Waals surface area contributed by atoms with E-state index in [0.717, 1.165) is 0 Å². The highest BCUT2D eigenvalue weighted by atomic mass is 16.6. The molecule has 11 nitrogen and oxygen atoms in total. The lowest BCUT2D eigenvalue weighted by Crippen LogP contribution is -2.16. The number of aromatic nitrogens is 2. The summed E-state index contributed by atoms with van der Waals surface area (Å²) in [4.78, 5) is 44.0. The minimum absolute atomic E-state index is 0.00232. The fourth-order valence-electron chi connectivity index (χ4n) is 3.03. The van der Waals surface area contributed by atoms with Crippen LogP contribution in [0.2, 0.25) is 0 Å². The SMILES string of the molecule is CCOC(=O)c1c(C)oc2nc(COC(=O)COc3ccc(C(C)=O)cc3OC)nc(N)c12. The third kappa shape index (κ3) is 5.20. The Hall–Kier alpha value is -4.15. The Balaban J connectivity index is 1.66. The van der Waals surface area contributed by atoms with Gasteiger partial charge in [0.1, 0.15) is 17.1 Å². The number of furan rings is 1. The van der Waals surface area contributed by atoms with Crippen molar-refractivity contribution >= 4 is 34.6 Å². The lowest BCUT2D eigenvalue weighted by Gasteiger charge is -2.11. The molecular weight excluding hydrogens is 434 g/mol. The number of ketones is 1. The van der Waals surface area contributed by atoms with E-state index < -0.39 is 18.5 Å². The van der Waals surface area contributed by atoms with Gasteiger partial charge in [-0.3, -0.25) is 4.79 Å². The lowest BCUT2D eigenvalue weighted by molar-refractivity contribution is -0.147. The molecule has 0 spiro atoms. The molecule has 3 aromatic rings. The summed E-state index contributed by atoms with van der Waals surface area (Å²) in [5.74, 6) is -0.460. The summed E-state index contributed by atoms with van der Waals surface area (Å²) in [5.41, 5.74) is 6.68. The van der Waals surface area contributed by atoms with Gasteiger partial charge in [0.2, 0.25) is 5.71 Å². The Morgan fingerprint density at radius 3 is 2.55 bits per heavy atom. The van der Waals surface area contributed by atoms with Gasteiger partial charge < -0.3 is 29.1 Å². The predicted molar refractivity (Wildman–Crippen MR) is 115 cm³/mol. The van der Waals surface area contributed by atoms with Crippen molar-refractivity contribution in [2.75, 3.05) is 26.1 Å². The standard InChI is InChI=1S/C22H23N3O8/c1-5-30-22(28)18-12(3)33-21-19(18)20(23)24-16(25-21)9-32-17(27)10-31-14-7-6-13(11(2)26)8-15(14)29-4/h6-8H,5,9-10H2,1-4H3,(H2,23,24,25). The summed E-state index contributed by atoms with van der Waals surface area (Å²) in [5, 5.41) is 0.241. The molecule has 0 unspecified atom stereocenters. The van der Waals surface area contributed by atoms with Crippen molar-refractivity contribution in [3.8, 4) is 11.5 Å². The number of Topliss-reactive ketones (excluding diaryl/α,β-unsaturated/α-hetero) is 1. The Labute approximate surface area is 188 Å². The van der Waals surface area contributed by atoms with Gasteiger partial charge in [0.15, 0.2) is 36.3 Å². The van der Waals surface area contributed by atoms with E-state index in [1.54, 1.807) is 19.9 Å². The van der Waals surface area contributed by atoms with E-state index in [2.05, 4.69) is 9.97 Å². The Bertz CT molecular complexity index is 1220. The number of hydrogen-bond acceptors (Lipinski definition) is 11. The van der Waals surface area contributed by atoms with Crippen LogP contribution in [0.25, 0.3) is 11.1 Å². The Kier molecular flexibility index (Phi) is 7.11. The minimum atomic E-state index is -0.696. The van der Waals surface area contributed by atoms with Crippen LogP contribution < -0.4 is 15.2 Å². The molecule has 0 radical (unpaired) electrons. The maximum atomic E-state index is 12.2. The summed E-state index contributed by atoms with van der Waals surface area (Å²) in [6, 6.07) is 4.61. The number of nitrogens with zero attached hydrogens (tertiary/aromatic N) is 2. The van der Waals surface area contributed by atoms with Crippen LogP contribution in [0.3, 0.4) is 0 Å². The van der Waals surface area contributed by atoms with Crippen molar-refractivity contribution in [3.63, 3.8) is 0 Å². The van der Waals surface area contributed by atoms with E-state index in [9.17, 15) is 14.4 Å². The Morgan fingerprint density at radius 2 is 1.88 bits per heavy atom. The second-order valence-corrected chi connectivity index (χ2v) is 6.83. The van der Waals surface area contributed by atoms with Crippen LogP contribution in [0.15, 0.2) is 22.6 Å². The van der Waals surface area contributed by atoms with E-state index in [0.29, 0.717) is 11.3 Å². The monoisotopic (exact) mass is 457 g/mol. The number of anilines is 1. The first-order valence-corrected chi connectivity index (χ1v) is 9.95. The fourth-order valence-corrected chi connectivity index (χ4v) is 3.03. The van der Waals surface area contributed by atoms with Crippen LogP contribution in [-0.4, -0.2) is 48.0 Å². The molecule has 174 valence electrons. The third-order valence-electron chi connectivity index (χ3n) is 4.56. The molecule has 11 heteroatoms. The maximum absolute atomic E-state index is 12.2. The van der Waals surface area contributed by atoms with Crippen molar-refractivity contribution in [2.45, 2.75) is 27.4 Å². The molecule has 0 fully saturated rings. The third-order valence-corrected chi connectivity index (χ3v) is 4.56. The molecule has 0 saturated carbocycles. The van der Waals surface area contributed by atoms with E-state index >= 15 is 0 Å². The van der Waals surface area contributed by atoms with E-state index in [1.165, 1.54) is 26.2 Å². The average Bonchev–Trinajstić information content (AvgIpc) is 3.12. The largest absolute Gasteiger partial charge is 0.493 e. The van der Waals surface area contributed by atoms with Gasteiger partial charge >= 0.3 is 11.9 Å². The summed E-state index contributed by atoms with van der Waals surface area (Å²) in [6.45, 7) is 4.18. The molecular formula is C22H23N3O8. The second-order valence-electron chi connectivity index (χ2n) is 6.83. The van der Waals surface area contributed by atoms with Crippen LogP contribution >= 0.6 is 0 Å². The number of aryl methyl sites for hydroxylation is 1. The highest BCUT2D eigenvalue weighted by molar-refractivity contribution is 6.07. The molecule has 0 aliphatic carbocycles.